The number of nitrogens with zero attached hydrogens (tertiary/aromatic N) is 2. The predicted octanol–water partition coefficient (Wildman–Crippen LogP) is 5.35. The fraction of sp³-hybridized carbons (Fsp3) is 0.333. The SMILES string of the molecule is [C-]#[N+]c1ccc(CC(=O)C(C)(C)N2CCc3cc(F)ccc32)cc1C(F)(F)F. The van der Waals surface area contributed by atoms with E-state index < -0.39 is 23.0 Å². The Morgan fingerprint density at radius 3 is 2.54 bits per heavy atom. The van der Waals surface area contributed by atoms with Crippen molar-refractivity contribution in [3.63, 3.8) is 0 Å². The van der Waals surface area contributed by atoms with E-state index in [4.69, 9.17) is 6.57 Å². The van der Waals surface area contributed by atoms with Crippen molar-refractivity contribution in [2.75, 3.05) is 11.4 Å². The summed E-state index contributed by atoms with van der Waals surface area (Å²) < 4.78 is 52.9. The Labute approximate surface area is 160 Å². The van der Waals surface area contributed by atoms with E-state index >= 15 is 0 Å². The summed E-state index contributed by atoms with van der Waals surface area (Å²) in [5.74, 6) is -0.599. The van der Waals surface area contributed by atoms with Gasteiger partial charge in [0, 0.05) is 18.7 Å². The van der Waals surface area contributed by atoms with Crippen LogP contribution in [0.5, 0.6) is 0 Å². The Kier molecular flexibility index (Phi) is 4.92. The zero-order valence-electron chi connectivity index (χ0n) is 15.4. The molecule has 7 heteroatoms. The molecule has 0 radical (unpaired) electrons. The summed E-state index contributed by atoms with van der Waals surface area (Å²) in [4.78, 5) is 17.7. The molecule has 0 aliphatic carbocycles. The lowest BCUT2D eigenvalue weighted by Gasteiger charge is -2.36. The molecular weight excluding hydrogens is 372 g/mol. The van der Waals surface area contributed by atoms with E-state index in [0.29, 0.717) is 13.0 Å². The number of fused-ring (bicyclic) bond motifs is 1. The quantitative estimate of drug-likeness (QED) is 0.519. The number of ketones is 1. The third kappa shape index (κ3) is 3.59. The van der Waals surface area contributed by atoms with Crippen LogP contribution in [0.1, 0.15) is 30.5 Å². The molecule has 3 rings (SSSR count). The van der Waals surface area contributed by atoms with Gasteiger partial charge in [0.2, 0.25) is 0 Å². The van der Waals surface area contributed by atoms with Gasteiger partial charge in [-0.2, -0.15) is 13.2 Å². The lowest BCUT2D eigenvalue weighted by molar-refractivity contribution is -0.137. The smallest absolute Gasteiger partial charge is 0.359 e. The van der Waals surface area contributed by atoms with Crippen molar-refractivity contribution in [1.29, 1.82) is 0 Å². The number of carbonyl (C=O) groups excluding carboxylic acids is 1. The van der Waals surface area contributed by atoms with Crippen LogP contribution in [0.3, 0.4) is 0 Å². The lowest BCUT2D eigenvalue weighted by Crippen LogP contribution is -2.50. The minimum absolute atomic E-state index is 0.193. The molecule has 0 spiro atoms. The number of rotatable bonds is 4. The van der Waals surface area contributed by atoms with Gasteiger partial charge in [-0.1, -0.05) is 18.2 Å². The highest BCUT2D eigenvalue weighted by molar-refractivity contribution is 5.93. The van der Waals surface area contributed by atoms with E-state index in [9.17, 15) is 22.4 Å². The largest absolute Gasteiger partial charge is 0.407 e. The first-order chi connectivity index (χ1) is 13.0. The van der Waals surface area contributed by atoms with E-state index in [1.54, 1.807) is 19.9 Å². The molecule has 2 aromatic rings. The van der Waals surface area contributed by atoms with Crippen molar-refractivity contribution < 1.29 is 22.4 Å². The van der Waals surface area contributed by atoms with E-state index in [1.807, 2.05) is 4.90 Å². The average molecular weight is 390 g/mol. The molecule has 0 bridgehead atoms. The first kappa shape index (κ1) is 19.9. The minimum Gasteiger partial charge on any atom is -0.359 e. The summed E-state index contributed by atoms with van der Waals surface area (Å²) in [5.41, 5.74) is -0.719. The second-order valence-electron chi connectivity index (χ2n) is 7.29. The number of Topliss-reactive ketones (excluding diaryl/α,β-unsaturated/α-hetero) is 1. The molecule has 0 atom stereocenters. The van der Waals surface area contributed by atoms with Gasteiger partial charge in [0.25, 0.3) is 0 Å². The zero-order valence-corrected chi connectivity index (χ0v) is 15.4. The van der Waals surface area contributed by atoms with Crippen LogP contribution in [-0.4, -0.2) is 17.9 Å². The van der Waals surface area contributed by atoms with Crippen LogP contribution in [0.15, 0.2) is 36.4 Å². The number of halogens is 4. The highest BCUT2D eigenvalue weighted by Gasteiger charge is 2.38. The molecule has 3 nitrogen and oxygen atoms in total. The number of hydrogen-bond acceptors (Lipinski definition) is 2. The molecule has 0 aromatic heterocycles. The topological polar surface area (TPSA) is 24.7 Å². The number of hydrogen-bond donors (Lipinski definition) is 0. The number of benzene rings is 2. The maximum absolute atomic E-state index is 13.4. The van der Waals surface area contributed by atoms with Crippen LogP contribution in [0.4, 0.5) is 28.9 Å². The standard InChI is InChI=1S/C21H18F4N2O/c1-20(2,27-9-8-14-12-15(22)5-7-18(14)27)19(28)11-13-4-6-17(26-3)16(10-13)21(23,24)25/h4-7,10,12H,8-9,11H2,1-2H3. The molecule has 1 aliphatic rings. The molecule has 0 fully saturated rings. The van der Waals surface area contributed by atoms with Crippen LogP contribution in [-0.2, 0) is 23.8 Å². The van der Waals surface area contributed by atoms with Gasteiger partial charge in [0.05, 0.1) is 17.7 Å². The summed E-state index contributed by atoms with van der Waals surface area (Å²) in [6, 6.07) is 7.74. The van der Waals surface area contributed by atoms with Crippen molar-refractivity contribution in [3.05, 3.63) is 70.3 Å². The predicted molar refractivity (Wildman–Crippen MR) is 97.9 cm³/mol. The van der Waals surface area contributed by atoms with Gasteiger partial charge in [-0.05, 0) is 49.6 Å². The molecule has 0 saturated heterocycles. The van der Waals surface area contributed by atoms with Crippen molar-refractivity contribution in [2.24, 2.45) is 0 Å². The molecule has 28 heavy (non-hydrogen) atoms. The van der Waals surface area contributed by atoms with Gasteiger partial charge in [0.1, 0.15) is 5.82 Å². The fourth-order valence-electron chi connectivity index (χ4n) is 3.52. The second-order valence-corrected chi connectivity index (χ2v) is 7.29. The average Bonchev–Trinajstić information content (AvgIpc) is 3.04. The van der Waals surface area contributed by atoms with Crippen LogP contribution in [0.25, 0.3) is 4.85 Å². The maximum atomic E-state index is 13.4. The van der Waals surface area contributed by atoms with Crippen LogP contribution in [0, 0.1) is 12.4 Å². The fourth-order valence-corrected chi connectivity index (χ4v) is 3.52. The van der Waals surface area contributed by atoms with E-state index in [0.717, 1.165) is 23.4 Å². The molecule has 0 saturated carbocycles. The molecule has 0 N–H and O–H groups in total. The third-order valence-corrected chi connectivity index (χ3v) is 5.15. The molecule has 1 aliphatic heterocycles. The van der Waals surface area contributed by atoms with E-state index in [2.05, 4.69) is 4.85 Å². The van der Waals surface area contributed by atoms with Crippen molar-refractivity contribution in [2.45, 2.75) is 38.4 Å². The summed E-state index contributed by atoms with van der Waals surface area (Å²) in [6.07, 6.45) is -4.25. The summed E-state index contributed by atoms with van der Waals surface area (Å²) in [6.45, 7) is 10.9. The van der Waals surface area contributed by atoms with E-state index in [1.165, 1.54) is 18.2 Å². The van der Waals surface area contributed by atoms with Crippen LogP contribution in [0.2, 0.25) is 0 Å². The summed E-state index contributed by atoms with van der Waals surface area (Å²) in [5, 5.41) is 0. The number of anilines is 1. The van der Waals surface area contributed by atoms with Gasteiger partial charge in [-0.15, -0.1) is 0 Å². The zero-order chi connectivity index (χ0) is 20.7. The minimum atomic E-state index is -4.66. The maximum Gasteiger partial charge on any atom is 0.407 e. The monoisotopic (exact) mass is 390 g/mol. The Bertz CT molecular complexity index is 973. The van der Waals surface area contributed by atoms with E-state index in [-0.39, 0.29) is 23.6 Å². The van der Waals surface area contributed by atoms with Gasteiger partial charge in [0.15, 0.2) is 11.5 Å². The van der Waals surface area contributed by atoms with Crippen molar-refractivity contribution in [1.82, 2.24) is 0 Å². The molecule has 2 aromatic carbocycles. The van der Waals surface area contributed by atoms with Gasteiger partial charge >= 0.3 is 6.18 Å². The van der Waals surface area contributed by atoms with Gasteiger partial charge in [-0.3, -0.25) is 4.79 Å². The molecule has 146 valence electrons. The molecule has 0 unspecified atom stereocenters. The Morgan fingerprint density at radius 2 is 1.89 bits per heavy atom. The number of alkyl halides is 3. The Morgan fingerprint density at radius 1 is 1.18 bits per heavy atom. The highest BCUT2D eigenvalue weighted by Crippen LogP contribution is 2.38. The number of carbonyl (C=O) groups is 1. The van der Waals surface area contributed by atoms with Gasteiger partial charge < -0.3 is 4.90 Å². The molecular formula is C21H18F4N2O. The first-order valence-corrected chi connectivity index (χ1v) is 8.71. The normalized spacial score (nSPS) is 14.0. The highest BCUT2D eigenvalue weighted by atomic mass is 19.4. The van der Waals surface area contributed by atoms with Crippen LogP contribution >= 0.6 is 0 Å². The summed E-state index contributed by atoms with van der Waals surface area (Å²) >= 11 is 0. The van der Waals surface area contributed by atoms with Crippen LogP contribution < -0.4 is 4.90 Å². The molecule has 1 heterocycles. The van der Waals surface area contributed by atoms with Crippen molar-refractivity contribution in [3.8, 4) is 0 Å². The lowest BCUT2D eigenvalue weighted by atomic mass is 9.91. The Hall–Kier alpha value is -2.88. The molecule has 0 amide bonds. The third-order valence-electron chi connectivity index (χ3n) is 5.15. The second kappa shape index (κ2) is 6.93. The van der Waals surface area contributed by atoms with Gasteiger partial charge in [-0.25, -0.2) is 9.24 Å². The first-order valence-electron chi connectivity index (χ1n) is 8.71. The summed E-state index contributed by atoms with van der Waals surface area (Å²) in [7, 11) is 0. The Balaban J connectivity index is 1.87. The van der Waals surface area contributed by atoms with Crippen molar-refractivity contribution >= 4 is 17.2 Å².